The van der Waals surface area contributed by atoms with Gasteiger partial charge in [-0.1, -0.05) is 6.42 Å². The van der Waals surface area contributed by atoms with Gasteiger partial charge in [-0.25, -0.2) is 0 Å². The van der Waals surface area contributed by atoms with Crippen LogP contribution < -0.4 is 0 Å². The molecular formula is C17H22O2. The molecule has 0 N–H and O–H groups in total. The number of carbonyl (C=O) groups is 1. The van der Waals surface area contributed by atoms with Gasteiger partial charge in [-0.3, -0.25) is 4.79 Å². The summed E-state index contributed by atoms with van der Waals surface area (Å²) in [4.78, 5) is 12.1. The molecule has 4 aliphatic rings. The van der Waals surface area contributed by atoms with Gasteiger partial charge >= 0.3 is 5.97 Å². The molecule has 0 saturated heterocycles. The maximum atomic E-state index is 12.1. The zero-order chi connectivity index (χ0) is 13.0. The number of carbonyl (C=O) groups excluding carboxylic acids is 1. The van der Waals surface area contributed by atoms with Crippen molar-refractivity contribution in [1.82, 2.24) is 0 Å². The van der Waals surface area contributed by atoms with Gasteiger partial charge in [0, 0.05) is 0 Å². The standard InChI is InChI=1S/C17H22O2/c1-19-17(18)13-4-2-3-11-7-10-5-6-12(13)16-9-14(11)15(16)8-10/h3-4,10-16H,5-9H2,1H3. The van der Waals surface area contributed by atoms with E-state index in [1.807, 2.05) is 6.08 Å². The average molecular weight is 258 g/mol. The number of methoxy groups -OCH3 is 1. The summed E-state index contributed by atoms with van der Waals surface area (Å²) in [6, 6.07) is 0. The van der Waals surface area contributed by atoms with Gasteiger partial charge in [0.05, 0.1) is 13.0 Å². The third-order valence-electron chi connectivity index (χ3n) is 6.38. The molecule has 0 aromatic heterocycles. The Kier molecular flexibility index (Phi) is 2.63. The summed E-state index contributed by atoms with van der Waals surface area (Å²) in [6.45, 7) is 0. The van der Waals surface area contributed by atoms with Gasteiger partial charge < -0.3 is 4.74 Å². The Bertz CT molecular complexity index is 460. The minimum atomic E-state index is -0.0506. The second-order valence-corrected chi connectivity index (χ2v) is 7.02. The van der Waals surface area contributed by atoms with Crippen LogP contribution in [-0.4, -0.2) is 13.1 Å². The molecule has 0 heterocycles. The lowest BCUT2D eigenvalue weighted by atomic mass is 9.51. The first-order chi connectivity index (χ1) is 9.28. The van der Waals surface area contributed by atoms with Crippen molar-refractivity contribution >= 4 is 5.97 Å². The minimum absolute atomic E-state index is 0.0504. The zero-order valence-electron chi connectivity index (χ0n) is 11.5. The summed E-state index contributed by atoms with van der Waals surface area (Å²) < 4.78 is 5.04. The van der Waals surface area contributed by atoms with Crippen LogP contribution in [0.2, 0.25) is 0 Å². The van der Waals surface area contributed by atoms with Crippen molar-refractivity contribution in [3.8, 4) is 0 Å². The van der Waals surface area contributed by atoms with Crippen molar-refractivity contribution < 1.29 is 9.53 Å². The first-order valence-corrected chi connectivity index (χ1v) is 7.78. The molecule has 2 nitrogen and oxygen atoms in total. The third-order valence-corrected chi connectivity index (χ3v) is 6.38. The Morgan fingerprint density at radius 2 is 1.89 bits per heavy atom. The number of esters is 1. The topological polar surface area (TPSA) is 26.3 Å². The van der Waals surface area contributed by atoms with E-state index in [0.29, 0.717) is 5.92 Å². The molecule has 0 aliphatic heterocycles. The quantitative estimate of drug-likeness (QED) is 0.533. The number of rotatable bonds is 1. The summed E-state index contributed by atoms with van der Waals surface area (Å²) in [7, 11) is 1.52. The number of hydrogen-bond donors (Lipinski definition) is 0. The van der Waals surface area contributed by atoms with Gasteiger partial charge in [0.25, 0.3) is 0 Å². The lowest BCUT2D eigenvalue weighted by Gasteiger charge is -2.54. The summed E-state index contributed by atoms with van der Waals surface area (Å²) >= 11 is 0. The number of hydrogen-bond acceptors (Lipinski definition) is 2. The highest BCUT2D eigenvalue weighted by molar-refractivity contribution is 5.74. The van der Waals surface area contributed by atoms with E-state index in [1.165, 1.54) is 39.2 Å². The lowest BCUT2D eigenvalue weighted by molar-refractivity contribution is -0.148. The summed E-state index contributed by atoms with van der Waals surface area (Å²) in [5.41, 5.74) is 3.34. The van der Waals surface area contributed by atoms with E-state index in [2.05, 4.69) is 11.8 Å². The van der Waals surface area contributed by atoms with Gasteiger partial charge in [-0.15, -0.1) is 5.73 Å². The monoisotopic (exact) mass is 258 g/mol. The van der Waals surface area contributed by atoms with E-state index >= 15 is 0 Å². The lowest BCUT2D eigenvalue weighted by Crippen LogP contribution is -2.48. The first kappa shape index (κ1) is 11.8. The van der Waals surface area contributed by atoms with Crippen LogP contribution in [0.3, 0.4) is 0 Å². The van der Waals surface area contributed by atoms with Crippen molar-refractivity contribution in [2.24, 2.45) is 41.4 Å². The van der Waals surface area contributed by atoms with Gasteiger partial charge in [0.1, 0.15) is 0 Å². The van der Waals surface area contributed by atoms with Crippen molar-refractivity contribution in [1.29, 1.82) is 0 Å². The Morgan fingerprint density at radius 1 is 1.05 bits per heavy atom. The highest BCUT2D eigenvalue weighted by Gasteiger charge is 2.54. The van der Waals surface area contributed by atoms with Gasteiger partial charge in [-0.05, 0) is 73.3 Å². The molecule has 0 aromatic rings. The molecular weight excluding hydrogens is 236 g/mol. The first-order valence-electron chi connectivity index (χ1n) is 7.78. The van der Waals surface area contributed by atoms with E-state index in [9.17, 15) is 4.79 Å². The van der Waals surface area contributed by atoms with Crippen molar-refractivity contribution in [2.75, 3.05) is 7.11 Å². The molecule has 4 rings (SSSR count). The average Bonchev–Trinajstić information content (AvgIpc) is 2.50. The van der Waals surface area contributed by atoms with Crippen LogP contribution in [0.1, 0.15) is 32.1 Å². The van der Waals surface area contributed by atoms with Crippen LogP contribution in [0.25, 0.3) is 0 Å². The molecule has 4 aliphatic carbocycles. The molecule has 3 fully saturated rings. The molecule has 2 heteroatoms. The van der Waals surface area contributed by atoms with Crippen LogP contribution in [0.4, 0.5) is 0 Å². The van der Waals surface area contributed by atoms with Gasteiger partial charge in [-0.2, -0.15) is 0 Å². The van der Waals surface area contributed by atoms with Crippen molar-refractivity contribution in [3.05, 3.63) is 17.9 Å². The zero-order valence-corrected chi connectivity index (χ0v) is 11.5. The molecule has 3 saturated carbocycles. The Labute approximate surface area is 114 Å². The normalized spacial score (nSPS) is 49.8. The van der Waals surface area contributed by atoms with E-state index in [1.54, 1.807) is 0 Å². The second kappa shape index (κ2) is 4.24. The fraction of sp³-hybridized carbons (Fsp3) is 0.765. The molecule has 0 radical (unpaired) electrons. The van der Waals surface area contributed by atoms with Crippen LogP contribution in [0.15, 0.2) is 17.9 Å². The van der Waals surface area contributed by atoms with Crippen molar-refractivity contribution in [3.63, 3.8) is 0 Å². The molecule has 0 spiro atoms. The fourth-order valence-electron chi connectivity index (χ4n) is 5.46. The van der Waals surface area contributed by atoms with E-state index in [-0.39, 0.29) is 11.9 Å². The van der Waals surface area contributed by atoms with E-state index < -0.39 is 0 Å². The Hall–Kier alpha value is -1.01. The van der Waals surface area contributed by atoms with Crippen LogP contribution in [-0.2, 0) is 9.53 Å². The highest BCUT2D eigenvalue weighted by Crippen LogP contribution is 2.61. The van der Waals surface area contributed by atoms with Crippen LogP contribution >= 0.6 is 0 Å². The Balaban J connectivity index is 1.77. The highest BCUT2D eigenvalue weighted by atomic mass is 16.5. The summed E-state index contributed by atoms with van der Waals surface area (Å²) in [5.74, 6) is 4.57. The molecule has 0 aromatic carbocycles. The predicted octanol–water partition coefficient (Wildman–Crippen LogP) is 3.19. The van der Waals surface area contributed by atoms with Gasteiger partial charge in [0.15, 0.2) is 0 Å². The SMILES string of the molecule is COC(=O)C1C=C=CC2CC3CCC1C1CC2C1C3. The maximum absolute atomic E-state index is 12.1. The molecule has 102 valence electrons. The third kappa shape index (κ3) is 1.66. The molecule has 7 unspecified atom stereocenters. The van der Waals surface area contributed by atoms with E-state index in [0.717, 1.165) is 29.6 Å². The van der Waals surface area contributed by atoms with Crippen molar-refractivity contribution in [2.45, 2.75) is 32.1 Å². The minimum Gasteiger partial charge on any atom is -0.469 e. The van der Waals surface area contributed by atoms with Gasteiger partial charge in [0.2, 0.25) is 0 Å². The van der Waals surface area contributed by atoms with Crippen LogP contribution in [0, 0.1) is 41.4 Å². The Morgan fingerprint density at radius 3 is 2.74 bits per heavy atom. The molecule has 19 heavy (non-hydrogen) atoms. The second-order valence-electron chi connectivity index (χ2n) is 7.02. The summed E-state index contributed by atoms with van der Waals surface area (Å²) in [5, 5.41) is 0. The maximum Gasteiger partial charge on any atom is 0.313 e. The number of ether oxygens (including phenoxy) is 1. The summed E-state index contributed by atoms with van der Waals surface area (Å²) in [6.07, 6.45) is 10.9. The predicted molar refractivity (Wildman–Crippen MR) is 72.2 cm³/mol. The van der Waals surface area contributed by atoms with E-state index in [4.69, 9.17) is 4.74 Å². The molecule has 4 bridgehead atoms. The smallest absolute Gasteiger partial charge is 0.313 e. The molecule has 7 atom stereocenters. The van der Waals surface area contributed by atoms with Crippen LogP contribution in [0.5, 0.6) is 0 Å². The fourth-order valence-corrected chi connectivity index (χ4v) is 5.46. The number of fused-ring (bicyclic) bond motifs is 1. The molecule has 0 amide bonds. The largest absolute Gasteiger partial charge is 0.469 e.